The predicted octanol–water partition coefficient (Wildman–Crippen LogP) is 1.18. The van der Waals surface area contributed by atoms with Gasteiger partial charge in [-0.05, 0) is 34.6 Å². The van der Waals surface area contributed by atoms with Gasteiger partial charge in [-0.1, -0.05) is 13.8 Å². The lowest BCUT2D eigenvalue weighted by atomic mass is 9.63. The van der Waals surface area contributed by atoms with E-state index >= 15 is 0 Å². The van der Waals surface area contributed by atoms with Gasteiger partial charge < -0.3 is 0 Å². The van der Waals surface area contributed by atoms with Gasteiger partial charge in [0, 0.05) is 6.42 Å². The van der Waals surface area contributed by atoms with Crippen molar-refractivity contribution in [3.05, 3.63) is 5.82 Å². The number of aromatic nitrogens is 4. The molecule has 1 N–H and O–H groups in total. The number of H-pyrrole nitrogens is 1. The van der Waals surface area contributed by atoms with Crippen LogP contribution in [0.15, 0.2) is 0 Å². The van der Waals surface area contributed by atoms with E-state index in [4.69, 9.17) is 0 Å². The molecule has 0 spiro atoms. The van der Waals surface area contributed by atoms with Crippen LogP contribution in [-0.4, -0.2) is 20.6 Å². The zero-order chi connectivity index (χ0) is 8.60. The summed E-state index contributed by atoms with van der Waals surface area (Å²) in [6, 6.07) is 0. The van der Waals surface area contributed by atoms with Crippen LogP contribution in [0, 0.1) is 11.3 Å². The van der Waals surface area contributed by atoms with Crippen LogP contribution in [0.5, 0.6) is 0 Å². The van der Waals surface area contributed by atoms with Gasteiger partial charge in [-0.15, -0.1) is 5.10 Å². The topological polar surface area (TPSA) is 54.5 Å². The van der Waals surface area contributed by atoms with Crippen LogP contribution in [0.25, 0.3) is 0 Å². The molecule has 2 rings (SSSR count). The van der Waals surface area contributed by atoms with Gasteiger partial charge in [0.15, 0.2) is 0 Å². The molecule has 1 heterocycles. The number of aromatic amines is 1. The average molecular weight is 166 g/mol. The van der Waals surface area contributed by atoms with Crippen LogP contribution in [0.2, 0.25) is 0 Å². The lowest BCUT2D eigenvalue weighted by Crippen LogP contribution is -2.33. The van der Waals surface area contributed by atoms with E-state index in [1.54, 1.807) is 0 Å². The van der Waals surface area contributed by atoms with E-state index in [2.05, 4.69) is 34.5 Å². The minimum absolute atomic E-state index is 0.554. The van der Waals surface area contributed by atoms with Crippen molar-refractivity contribution >= 4 is 0 Å². The Bertz CT molecular complexity index is 244. The SMILES string of the molecule is CC1(C)CC(Cc2nnn[nH]2)C1. The molecule has 0 bridgehead atoms. The van der Waals surface area contributed by atoms with Gasteiger partial charge >= 0.3 is 0 Å². The smallest absolute Gasteiger partial charge is 0.148 e. The Labute approximate surface area is 71.8 Å². The number of rotatable bonds is 2. The molecule has 4 heteroatoms. The molecular formula is C8H14N4. The highest BCUT2D eigenvalue weighted by Gasteiger charge is 2.36. The van der Waals surface area contributed by atoms with E-state index in [-0.39, 0.29) is 0 Å². The Kier molecular flexibility index (Phi) is 1.63. The fourth-order valence-corrected chi connectivity index (χ4v) is 2.19. The van der Waals surface area contributed by atoms with Gasteiger partial charge in [0.2, 0.25) is 0 Å². The Hall–Kier alpha value is -0.930. The lowest BCUT2D eigenvalue weighted by Gasteiger charge is -2.42. The molecule has 0 atom stereocenters. The summed E-state index contributed by atoms with van der Waals surface area (Å²) < 4.78 is 0. The van der Waals surface area contributed by atoms with Crippen LogP contribution in [-0.2, 0) is 6.42 Å². The summed E-state index contributed by atoms with van der Waals surface area (Å²) in [6.07, 6.45) is 3.61. The number of hydrogen-bond acceptors (Lipinski definition) is 3. The molecule has 66 valence electrons. The molecule has 0 radical (unpaired) electrons. The second kappa shape index (κ2) is 2.54. The molecule has 1 aromatic rings. The summed E-state index contributed by atoms with van der Waals surface area (Å²) in [4.78, 5) is 0. The minimum Gasteiger partial charge on any atom is -0.243 e. The highest BCUT2D eigenvalue weighted by Crippen LogP contribution is 2.45. The summed E-state index contributed by atoms with van der Waals surface area (Å²) in [5.41, 5.74) is 0.554. The van der Waals surface area contributed by atoms with Crippen molar-refractivity contribution in [1.82, 2.24) is 20.6 Å². The van der Waals surface area contributed by atoms with Gasteiger partial charge in [0.05, 0.1) is 0 Å². The molecule has 0 aromatic carbocycles. The molecule has 0 aliphatic heterocycles. The van der Waals surface area contributed by atoms with Crippen molar-refractivity contribution in [2.45, 2.75) is 33.1 Å². The Morgan fingerprint density at radius 1 is 1.50 bits per heavy atom. The zero-order valence-corrected chi connectivity index (χ0v) is 7.54. The van der Waals surface area contributed by atoms with Crippen LogP contribution in [0.3, 0.4) is 0 Å². The monoisotopic (exact) mass is 166 g/mol. The Balaban J connectivity index is 1.84. The van der Waals surface area contributed by atoms with E-state index < -0.39 is 0 Å². The van der Waals surface area contributed by atoms with Crippen molar-refractivity contribution in [2.24, 2.45) is 11.3 Å². The van der Waals surface area contributed by atoms with Crippen molar-refractivity contribution < 1.29 is 0 Å². The summed E-state index contributed by atoms with van der Waals surface area (Å²) in [5, 5.41) is 13.8. The van der Waals surface area contributed by atoms with Crippen molar-refractivity contribution in [3.63, 3.8) is 0 Å². The standard InChI is InChI=1S/C8H14N4/c1-8(2)4-6(5-8)3-7-9-11-12-10-7/h6H,3-5H2,1-2H3,(H,9,10,11,12). The summed E-state index contributed by atoms with van der Waals surface area (Å²) >= 11 is 0. The van der Waals surface area contributed by atoms with Gasteiger partial charge in [0.25, 0.3) is 0 Å². The maximum absolute atomic E-state index is 3.87. The highest BCUT2D eigenvalue weighted by molar-refractivity contribution is 4.92. The summed E-state index contributed by atoms with van der Waals surface area (Å²) in [5.74, 6) is 1.71. The van der Waals surface area contributed by atoms with Crippen molar-refractivity contribution in [1.29, 1.82) is 0 Å². The third kappa shape index (κ3) is 1.47. The summed E-state index contributed by atoms with van der Waals surface area (Å²) in [6.45, 7) is 4.62. The normalized spacial score (nSPS) is 22.2. The third-order valence-electron chi connectivity index (χ3n) is 2.55. The second-order valence-corrected chi connectivity index (χ2v) is 4.49. The molecule has 12 heavy (non-hydrogen) atoms. The molecule has 1 saturated carbocycles. The predicted molar refractivity (Wildman–Crippen MR) is 44.4 cm³/mol. The van der Waals surface area contributed by atoms with E-state index in [9.17, 15) is 0 Å². The Morgan fingerprint density at radius 2 is 2.25 bits per heavy atom. The lowest BCUT2D eigenvalue weighted by molar-refractivity contribution is 0.0954. The van der Waals surface area contributed by atoms with Gasteiger partial charge in [-0.3, -0.25) is 0 Å². The molecule has 0 amide bonds. The fourth-order valence-electron chi connectivity index (χ4n) is 2.19. The molecule has 4 nitrogen and oxygen atoms in total. The first-order valence-electron chi connectivity index (χ1n) is 4.38. The van der Waals surface area contributed by atoms with Gasteiger partial charge in [-0.25, -0.2) is 5.10 Å². The second-order valence-electron chi connectivity index (χ2n) is 4.49. The third-order valence-corrected chi connectivity index (χ3v) is 2.55. The number of tetrazole rings is 1. The van der Waals surface area contributed by atoms with E-state index in [0.29, 0.717) is 5.41 Å². The molecule has 0 unspecified atom stereocenters. The number of nitrogens with one attached hydrogen (secondary N) is 1. The molecule has 1 aromatic heterocycles. The van der Waals surface area contributed by atoms with E-state index in [0.717, 1.165) is 18.2 Å². The Morgan fingerprint density at radius 3 is 2.75 bits per heavy atom. The number of nitrogens with zero attached hydrogens (tertiary/aromatic N) is 3. The largest absolute Gasteiger partial charge is 0.243 e. The summed E-state index contributed by atoms with van der Waals surface area (Å²) in [7, 11) is 0. The van der Waals surface area contributed by atoms with Crippen LogP contribution < -0.4 is 0 Å². The zero-order valence-electron chi connectivity index (χ0n) is 7.54. The van der Waals surface area contributed by atoms with Crippen molar-refractivity contribution in [2.75, 3.05) is 0 Å². The molecular weight excluding hydrogens is 152 g/mol. The van der Waals surface area contributed by atoms with Crippen LogP contribution in [0.1, 0.15) is 32.5 Å². The maximum atomic E-state index is 3.87. The minimum atomic E-state index is 0.554. The number of hydrogen-bond donors (Lipinski definition) is 1. The fraction of sp³-hybridized carbons (Fsp3) is 0.875. The first-order chi connectivity index (χ1) is 5.66. The average Bonchev–Trinajstić information content (AvgIpc) is 2.35. The molecule has 1 aliphatic rings. The molecule has 1 fully saturated rings. The van der Waals surface area contributed by atoms with E-state index in [1.807, 2.05) is 0 Å². The first-order valence-corrected chi connectivity index (χ1v) is 4.38. The first kappa shape index (κ1) is 7.71. The maximum Gasteiger partial charge on any atom is 0.148 e. The van der Waals surface area contributed by atoms with Crippen LogP contribution >= 0.6 is 0 Å². The van der Waals surface area contributed by atoms with Gasteiger partial charge in [-0.2, -0.15) is 0 Å². The molecule has 0 saturated heterocycles. The molecule has 1 aliphatic carbocycles. The highest BCUT2D eigenvalue weighted by atomic mass is 15.5. The van der Waals surface area contributed by atoms with Crippen LogP contribution in [0.4, 0.5) is 0 Å². The quantitative estimate of drug-likeness (QED) is 0.717. The van der Waals surface area contributed by atoms with Crippen molar-refractivity contribution in [3.8, 4) is 0 Å². The van der Waals surface area contributed by atoms with E-state index in [1.165, 1.54) is 12.8 Å². The van der Waals surface area contributed by atoms with Gasteiger partial charge in [0.1, 0.15) is 5.82 Å².